The Morgan fingerprint density at radius 3 is 2.14 bits per heavy atom. The minimum atomic E-state index is -4.12. The normalized spacial score (nSPS) is 14.4. The van der Waals surface area contributed by atoms with Crippen molar-refractivity contribution in [1.82, 2.24) is 4.90 Å². The first-order valence-corrected chi connectivity index (χ1v) is 13.0. The number of likely N-dealkylation sites (N-methyl/N-ethyl adjacent to an activating group) is 1. The molecule has 0 spiro atoms. The van der Waals surface area contributed by atoms with Crippen molar-refractivity contribution < 1.29 is 22.3 Å². The summed E-state index contributed by atoms with van der Waals surface area (Å²) in [5.74, 6) is -0.533. The third kappa shape index (κ3) is 5.95. The van der Waals surface area contributed by atoms with E-state index >= 15 is 0 Å². The zero-order valence-electron chi connectivity index (χ0n) is 20.2. The second-order valence-electron chi connectivity index (χ2n) is 8.55. The Morgan fingerprint density at radius 2 is 1.56 bits per heavy atom. The third-order valence-electron chi connectivity index (χ3n) is 6.07. The van der Waals surface area contributed by atoms with Crippen molar-refractivity contribution in [2.45, 2.75) is 4.90 Å². The van der Waals surface area contributed by atoms with Gasteiger partial charge in [-0.2, -0.15) is 0 Å². The van der Waals surface area contributed by atoms with E-state index in [9.17, 15) is 17.6 Å². The molecule has 36 heavy (non-hydrogen) atoms. The SMILES string of the molecule is COc1ccc(S(=O)(=O)N(CC(=O)Nc2ccc(N3CCN(C)CC3)cc2)c2ccc(F)cc2)cc1. The lowest BCUT2D eigenvalue weighted by atomic mass is 10.2. The van der Waals surface area contributed by atoms with Gasteiger partial charge in [-0.05, 0) is 79.8 Å². The molecule has 1 heterocycles. The Hall–Kier alpha value is -3.63. The fourth-order valence-corrected chi connectivity index (χ4v) is 5.37. The van der Waals surface area contributed by atoms with Crippen LogP contribution in [0.25, 0.3) is 0 Å². The lowest BCUT2D eigenvalue weighted by Crippen LogP contribution is -2.44. The minimum Gasteiger partial charge on any atom is -0.497 e. The molecule has 190 valence electrons. The molecule has 1 N–H and O–H groups in total. The number of hydrogen-bond acceptors (Lipinski definition) is 6. The number of sulfonamides is 1. The maximum atomic E-state index is 13.5. The summed E-state index contributed by atoms with van der Waals surface area (Å²) in [5, 5.41) is 2.77. The quantitative estimate of drug-likeness (QED) is 0.498. The number of benzene rings is 3. The molecular weight excluding hydrogens is 483 g/mol. The molecular formula is C26H29FN4O4S. The second-order valence-corrected chi connectivity index (χ2v) is 10.4. The van der Waals surface area contributed by atoms with Crippen molar-refractivity contribution >= 4 is 33.0 Å². The number of ether oxygens (including phenoxy) is 1. The van der Waals surface area contributed by atoms with Crippen LogP contribution < -0.4 is 19.3 Å². The molecule has 10 heteroatoms. The van der Waals surface area contributed by atoms with E-state index in [0.29, 0.717) is 11.4 Å². The van der Waals surface area contributed by atoms with Crippen LogP contribution in [0.15, 0.2) is 77.7 Å². The topological polar surface area (TPSA) is 82.2 Å². The molecule has 1 saturated heterocycles. The number of rotatable bonds is 8. The Morgan fingerprint density at radius 1 is 0.944 bits per heavy atom. The third-order valence-corrected chi connectivity index (χ3v) is 7.86. The highest BCUT2D eigenvalue weighted by Gasteiger charge is 2.27. The fourth-order valence-electron chi connectivity index (χ4n) is 3.95. The van der Waals surface area contributed by atoms with Crippen LogP contribution in [0.2, 0.25) is 0 Å². The smallest absolute Gasteiger partial charge is 0.264 e. The van der Waals surface area contributed by atoms with E-state index in [1.807, 2.05) is 12.1 Å². The zero-order chi connectivity index (χ0) is 25.7. The van der Waals surface area contributed by atoms with Crippen molar-refractivity contribution in [2.24, 2.45) is 0 Å². The summed E-state index contributed by atoms with van der Waals surface area (Å²) < 4.78 is 46.5. The van der Waals surface area contributed by atoms with Gasteiger partial charge in [0.2, 0.25) is 5.91 Å². The standard InChI is InChI=1S/C26H29FN4O4S/c1-29-15-17-30(18-16-29)22-9-5-21(6-10-22)28-26(32)19-31(23-7-3-20(27)4-8-23)36(33,34)25-13-11-24(35-2)12-14-25/h3-14H,15-19H2,1-2H3,(H,28,32). The molecule has 0 saturated carbocycles. The van der Waals surface area contributed by atoms with E-state index in [1.165, 1.54) is 43.5 Å². The first-order valence-electron chi connectivity index (χ1n) is 11.5. The van der Waals surface area contributed by atoms with E-state index in [0.717, 1.165) is 48.3 Å². The number of halogens is 1. The predicted octanol–water partition coefficient (Wildman–Crippen LogP) is 3.42. The number of anilines is 3. The van der Waals surface area contributed by atoms with Gasteiger partial charge in [0.1, 0.15) is 18.1 Å². The number of nitrogens with zero attached hydrogens (tertiary/aromatic N) is 3. The van der Waals surface area contributed by atoms with Crippen molar-refractivity contribution in [3.63, 3.8) is 0 Å². The van der Waals surface area contributed by atoms with Gasteiger partial charge in [0.15, 0.2) is 0 Å². The highest BCUT2D eigenvalue weighted by molar-refractivity contribution is 7.92. The first-order chi connectivity index (χ1) is 17.3. The van der Waals surface area contributed by atoms with Crippen LogP contribution in [-0.2, 0) is 14.8 Å². The van der Waals surface area contributed by atoms with E-state index < -0.39 is 28.3 Å². The summed E-state index contributed by atoms with van der Waals surface area (Å²) in [4.78, 5) is 17.5. The van der Waals surface area contributed by atoms with Crippen LogP contribution in [0, 0.1) is 5.82 Å². The molecule has 4 rings (SSSR count). The molecule has 8 nitrogen and oxygen atoms in total. The summed E-state index contributed by atoms with van der Waals surface area (Å²) in [6.45, 7) is 3.34. The van der Waals surface area contributed by atoms with Crippen molar-refractivity contribution in [1.29, 1.82) is 0 Å². The van der Waals surface area contributed by atoms with Gasteiger partial charge in [-0.15, -0.1) is 0 Å². The monoisotopic (exact) mass is 512 g/mol. The van der Waals surface area contributed by atoms with Crippen LogP contribution in [-0.4, -0.2) is 66.1 Å². The van der Waals surface area contributed by atoms with E-state index in [2.05, 4.69) is 22.2 Å². The molecule has 0 bridgehead atoms. The number of carbonyl (C=O) groups excluding carboxylic acids is 1. The van der Waals surface area contributed by atoms with Gasteiger partial charge in [-0.3, -0.25) is 9.10 Å². The average molecular weight is 513 g/mol. The predicted molar refractivity (Wildman–Crippen MR) is 139 cm³/mol. The van der Waals surface area contributed by atoms with Crippen molar-refractivity contribution in [2.75, 3.05) is 61.4 Å². The highest BCUT2D eigenvalue weighted by atomic mass is 32.2. The molecule has 0 unspecified atom stereocenters. The number of methoxy groups -OCH3 is 1. The maximum absolute atomic E-state index is 13.5. The fraction of sp³-hybridized carbons (Fsp3) is 0.269. The molecule has 3 aromatic rings. The van der Waals surface area contributed by atoms with E-state index in [-0.39, 0.29) is 10.6 Å². The number of carbonyl (C=O) groups is 1. The number of amides is 1. The van der Waals surface area contributed by atoms with Gasteiger partial charge in [0.25, 0.3) is 10.0 Å². The van der Waals surface area contributed by atoms with Crippen LogP contribution in [0.4, 0.5) is 21.5 Å². The summed E-state index contributed by atoms with van der Waals surface area (Å²) in [7, 11) is -0.541. The van der Waals surface area contributed by atoms with Gasteiger partial charge < -0.3 is 19.9 Å². The maximum Gasteiger partial charge on any atom is 0.264 e. The zero-order valence-corrected chi connectivity index (χ0v) is 21.0. The molecule has 3 aromatic carbocycles. The molecule has 0 aliphatic carbocycles. The van der Waals surface area contributed by atoms with Crippen LogP contribution in [0.5, 0.6) is 5.75 Å². The molecule has 0 atom stereocenters. The average Bonchev–Trinajstić information content (AvgIpc) is 2.89. The lowest BCUT2D eigenvalue weighted by molar-refractivity contribution is -0.114. The van der Waals surface area contributed by atoms with Gasteiger partial charge >= 0.3 is 0 Å². The minimum absolute atomic E-state index is 0.0167. The number of nitrogens with one attached hydrogen (secondary N) is 1. The van der Waals surface area contributed by atoms with Crippen LogP contribution in [0.1, 0.15) is 0 Å². The molecule has 0 radical (unpaired) electrons. The molecule has 1 aliphatic rings. The molecule has 1 aliphatic heterocycles. The van der Waals surface area contributed by atoms with E-state index in [4.69, 9.17) is 4.74 Å². The summed E-state index contributed by atoms with van der Waals surface area (Å²) >= 11 is 0. The molecule has 0 aromatic heterocycles. The second kappa shape index (κ2) is 11.0. The Balaban J connectivity index is 1.51. The highest BCUT2D eigenvalue weighted by Crippen LogP contribution is 2.26. The Labute approximate surface area is 210 Å². The Bertz CT molecular complexity index is 1280. The summed E-state index contributed by atoms with van der Waals surface area (Å²) in [5.41, 5.74) is 1.79. The lowest BCUT2D eigenvalue weighted by Gasteiger charge is -2.34. The molecule has 1 fully saturated rings. The molecule has 1 amide bonds. The van der Waals surface area contributed by atoms with Crippen molar-refractivity contribution in [3.05, 3.63) is 78.6 Å². The summed E-state index contributed by atoms with van der Waals surface area (Å²) in [6, 6.07) is 18.3. The Kier molecular flexibility index (Phi) is 7.76. The number of hydrogen-bond donors (Lipinski definition) is 1. The van der Waals surface area contributed by atoms with Crippen LogP contribution >= 0.6 is 0 Å². The largest absolute Gasteiger partial charge is 0.497 e. The van der Waals surface area contributed by atoms with Crippen LogP contribution in [0.3, 0.4) is 0 Å². The van der Waals surface area contributed by atoms with Gasteiger partial charge in [-0.1, -0.05) is 0 Å². The number of piperazine rings is 1. The summed E-state index contributed by atoms with van der Waals surface area (Å²) in [6.07, 6.45) is 0. The van der Waals surface area contributed by atoms with Gasteiger partial charge in [0.05, 0.1) is 17.7 Å². The van der Waals surface area contributed by atoms with Gasteiger partial charge in [0, 0.05) is 37.6 Å². The first kappa shape index (κ1) is 25.5. The van der Waals surface area contributed by atoms with Crippen molar-refractivity contribution in [3.8, 4) is 5.75 Å². The van der Waals surface area contributed by atoms with E-state index in [1.54, 1.807) is 12.1 Å². The van der Waals surface area contributed by atoms with Gasteiger partial charge in [-0.25, -0.2) is 12.8 Å².